The molecule has 0 radical (unpaired) electrons. The van der Waals surface area contributed by atoms with Crippen molar-refractivity contribution in [2.75, 3.05) is 17.4 Å². The largest absolute Gasteiger partial charge is 0.454 e. The highest BCUT2D eigenvalue weighted by Crippen LogP contribution is 2.34. The normalized spacial score (nSPS) is 11.8. The maximum absolute atomic E-state index is 12.8. The maximum Gasteiger partial charge on any atom is 0.257 e. The fourth-order valence-corrected chi connectivity index (χ4v) is 3.05. The molecule has 3 aromatic carbocycles. The molecule has 0 aromatic heterocycles. The first-order chi connectivity index (χ1) is 14.1. The first-order valence-electron chi connectivity index (χ1n) is 9.34. The highest BCUT2D eigenvalue weighted by Gasteiger charge is 2.17. The molecule has 0 aliphatic carbocycles. The van der Waals surface area contributed by atoms with E-state index in [-0.39, 0.29) is 18.6 Å². The fourth-order valence-electron chi connectivity index (χ4n) is 3.05. The Morgan fingerprint density at radius 1 is 0.862 bits per heavy atom. The number of fused-ring (bicyclic) bond motifs is 1. The van der Waals surface area contributed by atoms with Crippen molar-refractivity contribution < 1.29 is 19.1 Å². The number of carbonyl (C=O) groups is 2. The lowest BCUT2D eigenvalue weighted by Crippen LogP contribution is -2.18. The molecule has 3 aromatic rings. The molecular formula is C23H20N2O4. The van der Waals surface area contributed by atoms with Gasteiger partial charge in [-0.1, -0.05) is 31.2 Å². The molecule has 2 amide bonds. The molecule has 146 valence electrons. The second-order valence-electron chi connectivity index (χ2n) is 6.57. The van der Waals surface area contributed by atoms with E-state index in [1.807, 2.05) is 12.1 Å². The van der Waals surface area contributed by atoms with E-state index in [0.717, 1.165) is 12.0 Å². The number of para-hydroxylation sites is 1. The summed E-state index contributed by atoms with van der Waals surface area (Å²) in [5, 5.41) is 5.66. The summed E-state index contributed by atoms with van der Waals surface area (Å²) in [7, 11) is 0. The van der Waals surface area contributed by atoms with Gasteiger partial charge in [-0.2, -0.15) is 0 Å². The van der Waals surface area contributed by atoms with Crippen molar-refractivity contribution in [1.82, 2.24) is 0 Å². The minimum absolute atomic E-state index is 0.167. The highest BCUT2D eigenvalue weighted by molar-refractivity contribution is 6.12. The van der Waals surface area contributed by atoms with Crippen molar-refractivity contribution in [3.63, 3.8) is 0 Å². The zero-order chi connectivity index (χ0) is 20.2. The minimum Gasteiger partial charge on any atom is -0.454 e. The molecule has 0 saturated heterocycles. The molecule has 1 aliphatic rings. The van der Waals surface area contributed by atoms with Crippen molar-refractivity contribution in [1.29, 1.82) is 0 Å². The number of anilines is 2. The van der Waals surface area contributed by atoms with Gasteiger partial charge in [0.05, 0.1) is 11.3 Å². The molecule has 29 heavy (non-hydrogen) atoms. The van der Waals surface area contributed by atoms with Gasteiger partial charge >= 0.3 is 0 Å². The van der Waals surface area contributed by atoms with Crippen LogP contribution in [0, 0.1) is 0 Å². The van der Waals surface area contributed by atoms with Crippen LogP contribution in [-0.2, 0) is 6.42 Å². The number of aryl methyl sites for hydroxylation is 1. The molecule has 0 unspecified atom stereocenters. The van der Waals surface area contributed by atoms with E-state index in [4.69, 9.17) is 9.47 Å². The smallest absolute Gasteiger partial charge is 0.257 e. The summed E-state index contributed by atoms with van der Waals surface area (Å²) in [6, 6.07) is 19.5. The Labute approximate surface area is 168 Å². The molecule has 0 spiro atoms. The number of ether oxygens (including phenoxy) is 2. The van der Waals surface area contributed by atoms with Gasteiger partial charge in [0.25, 0.3) is 11.8 Å². The van der Waals surface area contributed by atoms with Crippen LogP contribution in [0.15, 0.2) is 66.7 Å². The van der Waals surface area contributed by atoms with Gasteiger partial charge in [-0.25, -0.2) is 0 Å². The number of hydrogen-bond acceptors (Lipinski definition) is 4. The van der Waals surface area contributed by atoms with E-state index < -0.39 is 0 Å². The lowest BCUT2D eigenvalue weighted by atomic mass is 10.1. The molecule has 6 heteroatoms. The van der Waals surface area contributed by atoms with E-state index in [0.29, 0.717) is 34.0 Å². The van der Waals surface area contributed by atoms with Gasteiger partial charge in [0.1, 0.15) is 0 Å². The summed E-state index contributed by atoms with van der Waals surface area (Å²) in [6.07, 6.45) is 0.908. The van der Waals surface area contributed by atoms with Crippen LogP contribution in [0.4, 0.5) is 11.4 Å². The average Bonchev–Trinajstić information content (AvgIpc) is 3.22. The quantitative estimate of drug-likeness (QED) is 0.676. The number of benzene rings is 3. The van der Waals surface area contributed by atoms with E-state index in [9.17, 15) is 9.59 Å². The van der Waals surface area contributed by atoms with Crippen LogP contribution in [0.25, 0.3) is 0 Å². The number of rotatable bonds is 5. The maximum atomic E-state index is 12.8. The first-order valence-corrected chi connectivity index (χ1v) is 9.34. The zero-order valence-corrected chi connectivity index (χ0v) is 15.9. The number of carbonyl (C=O) groups excluding carboxylic acids is 2. The second kappa shape index (κ2) is 8.06. The minimum atomic E-state index is -0.332. The third-order valence-electron chi connectivity index (χ3n) is 4.67. The number of hydrogen-bond donors (Lipinski definition) is 2. The Morgan fingerprint density at radius 2 is 1.62 bits per heavy atom. The van der Waals surface area contributed by atoms with Crippen molar-refractivity contribution in [2.45, 2.75) is 13.3 Å². The molecule has 0 fully saturated rings. The number of amides is 2. The van der Waals surface area contributed by atoms with Crippen LogP contribution < -0.4 is 20.1 Å². The lowest BCUT2D eigenvalue weighted by molar-refractivity contribution is 0.102. The molecule has 6 nitrogen and oxygen atoms in total. The van der Waals surface area contributed by atoms with Gasteiger partial charge in [0.2, 0.25) is 6.79 Å². The monoisotopic (exact) mass is 388 g/mol. The summed E-state index contributed by atoms with van der Waals surface area (Å²) in [6.45, 7) is 2.23. The van der Waals surface area contributed by atoms with Gasteiger partial charge in [-0.05, 0) is 48.4 Å². The summed E-state index contributed by atoms with van der Waals surface area (Å²) in [5.41, 5.74) is 3.08. The standard InChI is InChI=1S/C23H20N2O4/c1-2-15-7-9-16(10-8-15)22(26)25-19-6-4-3-5-18(19)23(27)24-17-11-12-20-21(13-17)29-14-28-20/h3-13H,2,14H2,1H3,(H,24,27)(H,25,26). The molecule has 1 heterocycles. The summed E-state index contributed by atoms with van der Waals surface area (Å²) in [4.78, 5) is 25.4. The van der Waals surface area contributed by atoms with Gasteiger partial charge in [-0.3, -0.25) is 9.59 Å². The molecule has 2 N–H and O–H groups in total. The highest BCUT2D eigenvalue weighted by atomic mass is 16.7. The molecule has 0 bridgehead atoms. The Balaban J connectivity index is 1.51. The summed E-state index contributed by atoms with van der Waals surface area (Å²) >= 11 is 0. The molecule has 1 aliphatic heterocycles. The van der Waals surface area contributed by atoms with Gasteiger partial charge in [0.15, 0.2) is 11.5 Å². The summed E-state index contributed by atoms with van der Waals surface area (Å²) < 4.78 is 10.6. The zero-order valence-electron chi connectivity index (χ0n) is 15.9. The van der Waals surface area contributed by atoms with Crippen molar-refractivity contribution >= 4 is 23.2 Å². The Bertz CT molecular complexity index is 1060. The topological polar surface area (TPSA) is 76.7 Å². The van der Waals surface area contributed by atoms with E-state index in [1.165, 1.54) is 0 Å². The SMILES string of the molecule is CCc1ccc(C(=O)Nc2ccccc2C(=O)Nc2ccc3c(c2)OCO3)cc1. The van der Waals surface area contributed by atoms with E-state index in [1.54, 1.807) is 54.6 Å². The molecule has 0 saturated carbocycles. The Kier molecular flexibility index (Phi) is 5.16. The third-order valence-corrected chi connectivity index (χ3v) is 4.67. The van der Waals surface area contributed by atoms with Crippen LogP contribution in [-0.4, -0.2) is 18.6 Å². The predicted octanol–water partition coefficient (Wildman–Crippen LogP) is 4.48. The second-order valence-corrected chi connectivity index (χ2v) is 6.57. The van der Waals surface area contributed by atoms with Crippen LogP contribution in [0.1, 0.15) is 33.2 Å². The van der Waals surface area contributed by atoms with E-state index >= 15 is 0 Å². The van der Waals surface area contributed by atoms with Crippen LogP contribution in [0.3, 0.4) is 0 Å². The number of nitrogens with one attached hydrogen (secondary N) is 2. The Morgan fingerprint density at radius 3 is 2.41 bits per heavy atom. The van der Waals surface area contributed by atoms with Crippen LogP contribution >= 0.6 is 0 Å². The fraction of sp³-hybridized carbons (Fsp3) is 0.130. The van der Waals surface area contributed by atoms with Gasteiger partial charge in [0, 0.05) is 17.3 Å². The van der Waals surface area contributed by atoms with Gasteiger partial charge in [-0.15, -0.1) is 0 Å². The van der Waals surface area contributed by atoms with Crippen LogP contribution in [0.2, 0.25) is 0 Å². The predicted molar refractivity (Wildman–Crippen MR) is 111 cm³/mol. The summed E-state index contributed by atoms with van der Waals surface area (Å²) in [5.74, 6) is 0.627. The molecule has 4 rings (SSSR count). The average molecular weight is 388 g/mol. The third kappa shape index (κ3) is 4.06. The Hall–Kier alpha value is -3.80. The molecule has 0 atom stereocenters. The van der Waals surface area contributed by atoms with Crippen molar-refractivity contribution in [2.24, 2.45) is 0 Å². The van der Waals surface area contributed by atoms with Crippen LogP contribution in [0.5, 0.6) is 11.5 Å². The molecular weight excluding hydrogens is 368 g/mol. The van der Waals surface area contributed by atoms with Crippen molar-refractivity contribution in [3.8, 4) is 11.5 Å². The lowest BCUT2D eigenvalue weighted by Gasteiger charge is -2.12. The first kappa shape index (κ1) is 18.6. The van der Waals surface area contributed by atoms with Gasteiger partial charge < -0.3 is 20.1 Å². The van der Waals surface area contributed by atoms with Crippen molar-refractivity contribution in [3.05, 3.63) is 83.4 Å². The van der Waals surface area contributed by atoms with E-state index in [2.05, 4.69) is 17.6 Å².